The van der Waals surface area contributed by atoms with E-state index in [1.807, 2.05) is 17.0 Å². The van der Waals surface area contributed by atoms with E-state index >= 15 is 0 Å². The van der Waals surface area contributed by atoms with Gasteiger partial charge in [0.25, 0.3) is 0 Å². The van der Waals surface area contributed by atoms with Gasteiger partial charge in [-0.1, -0.05) is 32.0 Å². The fourth-order valence-electron chi connectivity index (χ4n) is 2.91. The molecule has 3 nitrogen and oxygen atoms in total. The van der Waals surface area contributed by atoms with Gasteiger partial charge in [-0.2, -0.15) is 0 Å². The van der Waals surface area contributed by atoms with E-state index in [9.17, 15) is 9.90 Å². The van der Waals surface area contributed by atoms with Gasteiger partial charge in [0.05, 0.1) is 6.42 Å². The molecule has 0 radical (unpaired) electrons. The first-order valence-corrected chi connectivity index (χ1v) is 7.15. The Balaban J connectivity index is 2.01. The largest absolute Gasteiger partial charge is 0.508 e. The van der Waals surface area contributed by atoms with Crippen LogP contribution in [0.1, 0.15) is 38.7 Å². The second-order valence-corrected chi connectivity index (χ2v) is 5.58. The molecule has 0 unspecified atom stereocenters. The molecule has 1 heterocycles. The molecular weight excluding hydrogens is 238 g/mol. The smallest absolute Gasteiger partial charge is 0.227 e. The first-order valence-electron chi connectivity index (χ1n) is 7.15. The van der Waals surface area contributed by atoms with Crippen LogP contribution >= 0.6 is 0 Å². The number of nitrogens with zero attached hydrogens (tertiary/aromatic N) is 1. The first-order chi connectivity index (χ1) is 9.10. The molecule has 1 amide bonds. The number of hydrogen-bond donors (Lipinski definition) is 1. The average molecular weight is 261 g/mol. The quantitative estimate of drug-likeness (QED) is 0.905. The Morgan fingerprint density at radius 2 is 2.00 bits per heavy atom. The zero-order chi connectivity index (χ0) is 13.9. The van der Waals surface area contributed by atoms with E-state index in [-0.39, 0.29) is 11.7 Å². The van der Waals surface area contributed by atoms with Gasteiger partial charge in [0, 0.05) is 18.7 Å². The summed E-state index contributed by atoms with van der Waals surface area (Å²) in [5.41, 5.74) is 1.03. The second-order valence-electron chi connectivity index (χ2n) is 5.58. The van der Waals surface area contributed by atoms with Gasteiger partial charge in [-0.25, -0.2) is 0 Å². The summed E-state index contributed by atoms with van der Waals surface area (Å²) in [6.07, 6.45) is 3.66. The predicted octanol–water partition coefficient (Wildman–Crippen LogP) is 2.97. The van der Waals surface area contributed by atoms with Crippen LogP contribution in [0, 0.1) is 5.41 Å². The van der Waals surface area contributed by atoms with Gasteiger partial charge in [-0.05, 0) is 30.7 Å². The summed E-state index contributed by atoms with van der Waals surface area (Å²) in [6, 6.07) is 7.08. The van der Waals surface area contributed by atoms with Crippen LogP contribution in [-0.2, 0) is 11.2 Å². The van der Waals surface area contributed by atoms with Gasteiger partial charge in [0.15, 0.2) is 0 Å². The second kappa shape index (κ2) is 5.64. The number of rotatable bonds is 4. The van der Waals surface area contributed by atoms with Crippen LogP contribution in [0.15, 0.2) is 24.3 Å². The minimum Gasteiger partial charge on any atom is -0.508 e. The van der Waals surface area contributed by atoms with E-state index < -0.39 is 0 Å². The molecule has 0 spiro atoms. The maximum absolute atomic E-state index is 12.3. The molecule has 1 aliphatic heterocycles. The SMILES string of the molecule is CCC1(CC)CCN(C(=O)Cc2ccccc2O)C1. The van der Waals surface area contributed by atoms with Crippen molar-refractivity contribution in [3.8, 4) is 5.75 Å². The summed E-state index contributed by atoms with van der Waals surface area (Å²) < 4.78 is 0. The van der Waals surface area contributed by atoms with E-state index in [2.05, 4.69) is 13.8 Å². The van der Waals surface area contributed by atoms with Crippen LogP contribution in [0.25, 0.3) is 0 Å². The third kappa shape index (κ3) is 2.91. The molecule has 104 valence electrons. The van der Waals surface area contributed by atoms with Crippen LogP contribution < -0.4 is 0 Å². The molecule has 1 aromatic carbocycles. The highest BCUT2D eigenvalue weighted by molar-refractivity contribution is 5.79. The Bertz CT molecular complexity index is 452. The topological polar surface area (TPSA) is 40.5 Å². The zero-order valence-electron chi connectivity index (χ0n) is 11.9. The van der Waals surface area contributed by atoms with Crippen LogP contribution in [0.3, 0.4) is 0 Å². The molecule has 0 atom stereocenters. The van der Waals surface area contributed by atoms with Crippen molar-refractivity contribution in [2.75, 3.05) is 13.1 Å². The standard InChI is InChI=1S/C16H23NO2/c1-3-16(4-2)9-10-17(12-16)15(19)11-13-7-5-6-8-14(13)18/h5-8,18H,3-4,9-12H2,1-2H3. The summed E-state index contributed by atoms with van der Waals surface area (Å²) in [5, 5.41) is 9.73. The van der Waals surface area contributed by atoms with Gasteiger partial charge < -0.3 is 10.0 Å². The number of phenolic OH excluding ortho intramolecular Hbond substituents is 1. The maximum Gasteiger partial charge on any atom is 0.227 e. The molecule has 1 saturated heterocycles. The number of hydrogen-bond acceptors (Lipinski definition) is 2. The van der Waals surface area contributed by atoms with Crippen molar-refractivity contribution in [2.45, 2.75) is 39.5 Å². The Morgan fingerprint density at radius 3 is 2.58 bits per heavy atom. The minimum absolute atomic E-state index is 0.130. The summed E-state index contributed by atoms with van der Waals surface area (Å²) in [7, 11) is 0. The van der Waals surface area contributed by atoms with Crippen molar-refractivity contribution in [2.24, 2.45) is 5.41 Å². The minimum atomic E-state index is 0.130. The summed E-state index contributed by atoms with van der Waals surface area (Å²) in [4.78, 5) is 14.3. The van der Waals surface area contributed by atoms with Gasteiger partial charge in [-0.15, -0.1) is 0 Å². The zero-order valence-corrected chi connectivity index (χ0v) is 11.9. The van der Waals surface area contributed by atoms with Crippen molar-refractivity contribution in [3.05, 3.63) is 29.8 Å². The lowest BCUT2D eigenvalue weighted by Gasteiger charge is -2.26. The Hall–Kier alpha value is -1.51. The summed E-state index contributed by atoms with van der Waals surface area (Å²) in [5.74, 6) is 0.345. The van der Waals surface area contributed by atoms with Crippen molar-refractivity contribution < 1.29 is 9.90 Å². The van der Waals surface area contributed by atoms with Crippen molar-refractivity contribution in [3.63, 3.8) is 0 Å². The highest BCUT2D eigenvalue weighted by Crippen LogP contribution is 2.37. The number of amides is 1. The molecule has 0 aromatic heterocycles. The van der Waals surface area contributed by atoms with Gasteiger partial charge in [-0.3, -0.25) is 4.79 Å². The van der Waals surface area contributed by atoms with Gasteiger partial charge in [0.1, 0.15) is 5.75 Å². The van der Waals surface area contributed by atoms with E-state index in [1.165, 1.54) is 0 Å². The monoisotopic (exact) mass is 261 g/mol. The molecule has 19 heavy (non-hydrogen) atoms. The fraction of sp³-hybridized carbons (Fsp3) is 0.562. The van der Waals surface area contributed by atoms with E-state index in [0.717, 1.165) is 37.9 Å². The number of likely N-dealkylation sites (tertiary alicyclic amines) is 1. The summed E-state index contributed by atoms with van der Waals surface area (Å²) in [6.45, 7) is 6.14. The fourth-order valence-corrected chi connectivity index (χ4v) is 2.91. The van der Waals surface area contributed by atoms with E-state index in [0.29, 0.717) is 11.8 Å². The Morgan fingerprint density at radius 1 is 1.32 bits per heavy atom. The number of carbonyl (C=O) groups excluding carboxylic acids is 1. The molecule has 2 rings (SSSR count). The molecular formula is C16H23NO2. The molecule has 1 N–H and O–H groups in total. The van der Waals surface area contributed by atoms with Crippen molar-refractivity contribution in [1.29, 1.82) is 0 Å². The highest BCUT2D eigenvalue weighted by Gasteiger charge is 2.36. The van der Waals surface area contributed by atoms with E-state index in [4.69, 9.17) is 0 Å². The molecule has 3 heteroatoms. The Kier molecular flexibility index (Phi) is 4.13. The number of para-hydroxylation sites is 1. The lowest BCUT2D eigenvalue weighted by atomic mass is 9.82. The summed E-state index contributed by atoms with van der Waals surface area (Å²) >= 11 is 0. The molecule has 1 fully saturated rings. The van der Waals surface area contributed by atoms with Crippen LogP contribution in [0.2, 0.25) is 0 Å². The predicted molar refractivity (Wildman–Crippen MR) is 76.0 cm³/mol. The van der Waals surface area contributed by atoms with Crippen molar-refractivity contribution >= 4 is 5.91 Å². The lowest BCUT2D eigenvalue weighted by Crippen LogP contribution is -2.32. The molecule has 1 aliphatic rings. The maximum atomic E-state index is 12.3. The third-order valence-electron chi connectivity index (χ3n) is 4.62. The number of aromatic hydroxyl groups is 1. The normalized spacial score (nSPS) is 17.7. The number of carbonyl (C=O) groups is 1. The first kappa shape index (κ1) is 13.9. The molecule has 1 aromatic rings. The Labute approximate surface area is 115 Å². The van der Waals surface area contributed by atoms with Gasteiger partial charge in [0.2, 0.25) is 5.91 Å². The van der Waals surface area contributed by atoms with Crippen LogP contribution in [0.5, 0.6) is 5.75 Å². The van der Waals surface area contributed by atoms with Crippen molar-refractivity contribution in [1.82, 2.24) is 4.90 Å². The lowest BCUT2D eigenvalue weighted by molar-refractivity contribution is -0.129. The van der Waals surface area contributed by atoms with Crippen LogP contribution in [0.4, 0.5) is 0 Å². The highest BCUT2D eigenvalue weighted by atomic mass is 16.3. The molecule has 0 saturated carbocycles. The third-order valence-corrected chi connectivity index (χ3v) is 4.62. The van der Waals surface area contributed by atoms with E-state index in [1.54, 1.807) is 12.1 Å². The average Bonchev–Trinajstić information content (AvgIpc) is 2.87. The molecule has 0 aliphatic carbocycles. The van der Waals surface area contributed by atoms with Crippen LogP contribution in [-0.4, -0.2) is 29.0 Å². The van der Waals surface area contributed by atoms with Gasteiger partial charge >= 0.3 is 0 Å². The molecule has 0 bridgehead atoms. The number of phenols is 1. The number of benzene rings is 1.